The molecule has 7 heteroatoms. The summed E-state index contributed by atoms with van der Waals surface area (Å²) < 4.78 is 0. The molecule has 2 aromatic carbocycles. The Labute approximate surface area is 150 Å². The second kappa shape index (κ2) is 8.77. The average Bonchev–Trinajstić information content (AvgIpc) is 2.63. The fraction of sp³-hybridized carbons (Fsp3) is 0.211. The minimum Gasteiger partial charge on any atom is -0.478 e. The number of aromatic carboxylic acids is 1. The smallest absolute Gasteiger partial charge is 0.335 e. The Morgan fingerprint density at radius 1 is 1.04 bits per heavy atom. The van der Waals surface area contributed by atoms with Crippen molar-refractivity contribution < 1.29 is 24.6 Å². The van der Waals surface area contributed by atoms with Gasteiger partial charge in [-0.2, -0.15) is 0 Å². The Balaban J connectivity index is 2.01. The van der Waals surface area contributed by atoms with Crippen LogP contribution in [0.5, 0.6) is 0 Å². The number of carbonyl (C=O) groups is 3. The fourth-order valence-electron chi connectivity index (χ4n) is 2.38. The van der Waals surface area contributed by atoms with Crippen molar-refractivity contribution in [1.29, 1.82) is 0 Å². The summed E-state index contributed by atoms with van der Waals surface area (Å²) in [7, 11) is 0. The summed E-state index contributed by atoms with van der Waals surface area (Å²) in [6.07, 6.45) is 0.379. The molecular formula is C19H20N2O5. The highest BCUT2D eigenvalue weighted by Crippen LogP contribution is 2.17. The molecule has 26 heavy (non-hydrogen) atoms. The van der Waals surface area contributed by atoms with Crippen molar-refractivity contribution in [3.63, 3.8) is 0 Å². The number of aryl methyl sites for hydroxylation is 1. The number of benzene rings is 2. The van der Waals surface area contributed by atoms with Gasteiger partial charge in [-0.05, 0) is 36.6 Å². The molecular weight excluding hydrogens is 336 g/mol. The number of carboxylic acids is 1. The monoisotopic (exact) mass is 356 g/mol. The van der Waals surface area contributed by atoms with E-state index in [1.165, 1.54) is 12.1 Å². The maximum atomic E-state index is 12.1. The number of carbonyl (C=O) groups excluding carboxylic acids is 2. The van der Waals surface area contributed by atoms with E-state index < -0.39 is 23.8 Å². The number of anilines is 1. The predicted molar refractivity (Wildman–Crippen MR) is 95.9 cm³/mol. The second-order valence-corrected chi connectivity index (χ2v) is 5.83. The largest absolute Gasteiger partial charge is 0.478 e. The van der Waals surface area contributed by atoms with Crippen molar-refractivity contribution in [2.45, 2.75) is 19.4 Å². The zero-order valence-corrected chi connectivity index (χ0v) is 14.2. The van der Waals surface area contributed by atoms with Crippen LogP contribution in [-0.4, -0.2) is 40.6 Å². The van der Waals surface area contributed by atoms with Crippen LogP contribution in [0.3, 0.4) is 0 Å². The van der Waals surface area contributed by atoms with Crippen LogP contribution in [0.25, 0.3) is 0 Å². The van der Waals surface area contributed by atoms with Gasteiger partial charge in [-0.25, -0.2) is 4.79 Å². The van der Waals surface area contributed by atoms with Crippen LogP contribution in [0.15, 0.2) is 48.5 Å². The summed E-state index contributed by atoms with van der Waals surface area (Å²) in [5.74, 6) is -2.96. The van der Waals surface area contributed by atoms with Gasteiger partial charge in [-0.3, -0.25) is 9.59 Å². The number of aliphatic hydroxyl groups is 1. The lowest BCUT2D eigenvalue weighted by Gasteiger charge is -2.16. The van der Waals surface area contributed by atoms with E-state index >= 15 is 0 Å². The van der Waals surface area contributed by atoms with Crippen LogP contribution in [-0.2, 0) is 16.0 Å². The third kappa shape index (κ3) is 5.15. The lowest BCUT2D eigenvalue weighted by atomic mass is 10.1. The van der Waals surface area contributed by atoms with Crippen LogP contribution >= 0.6 is 0 Å². The fourth-order valence-corrected chi connectivity index (χ4v) is 2.38. The van der Waals surface area contributed by atoms with E-state index in [9.17, 15) is 19.5 Å². The van der Waals surface area contributed by atoms with Crippen molar-refractivity contribution in [3.8, 4) is 0 Å². The first-order chi connectivity index (χ1) is 12.4. The molecule has 0 spiro atoms. The zero-order valence-electron chi connectivity index (χ0n) is 14.2. The molecule has 0 aliphatic heterocycles. The van der Waals surface area contributed by atoms with Crippen LogP contribution in [0.4, 0.5) is 5.69 Å². The lowest BCUT2D eigenvalue weighted by Crippen LogP contribution is -2.44. The van der Waals surface area contributed by atoms with Crippen molar-refractivity contribution in [1.82, 2.24) is 5.32 Å². The Kier molecular flexibility index (Phi) is 6.46. The molecule has 0 aliphatic rings. The van der Waals surface area contributed by atoms with Gasteiger partial charge in [0, 0.05) is 5.69 Å². The van der Waals surface area contributed by atoms with Gasteiger partial charge in [0.1, 0.15) is 0 Å². The van der Waals surface area contributed by atoms with Gasteiger partial charge in [0.05, 0.1) is 18.2 Å². The number of amides is 2. The van der Waals surface area contributed by atoms with Gasteiger partial charge in [-0.1, -0.05) is 36.4 Å². The average molecular weight is 356 g/mol. The summed E-state index contributed by atoms with van der Waals surface area (Å²) in [6, 6.07) is 12.9. The minimum atomic E-state index is -1.13. The molecule has 136 valence electrons. The van der Waals surface area contributed by atoms with E-state index in [2.05, 4.69) is 10.6 Å². The Bertz CT molecular complexity index is 805. The highest BCUT2D eigenvalue weighted by atomic mass is 16.4. The second-order valence-electron chi connectivity index (χ2n) is 5.83. The molecule has 0 bridgehead atoms. The summed E-state index contributed by atoms with van der Waals surface area (Å²) in [5, 5.41) is 23.3. The summed E-state index contributed by atoms with van der Waals surface area (Å²) >= 11 is 0. The molecule has 0 saturated heterocycles. The number of hydrogen-bond acceptors (Lipinski definition) is 4. The molecule has 4 N–H and O–H groups in total. The maximum absolute atomic E-state index is 12.1. The highest BCUT2D eigenvalue weighted by molar-refractivity contribution is 6.39. The van der Waals surface area contributed by atoms with Gasteiger partial charge in [0.15, 0.2) is 0 Å². The number of rotatable bonds is 6. The van der Waals surface area contributed by atoms with E-state index in [1.807, 2.05) is 30.3 Å². The normalized spacial score (nSPS) is 11.5. The predicted octanol–water partition coefficient (Wildman–Crippen LogP) is 1.35. The van der Waals surface area contributed by atoms with Gasteiger partial charge in [0.2, 0.25) is 0 Å². The summed E-state index contributed by atoms with van der Waals surface area (Å²) in [6.45, 7) is 1.37. The van der Waals surface area contributed by atoms with Gasteiger partial charge >= 0.3 is 17.8 Å². The minimum absolute atomic E-state index is 0.00335. The van der Waals surface area contributed by atoms with Gasteiger partial charge in [0.25, 0.3) is 0 Å². The first-order valence-corrected chi connectivity index (χ1v) is 8.01. The number of carboxylic acid groups (broad SMARTS) is 1. The topological polar surface area (TPSA) is 116 Å². The lowest BCUT2D eigenvalue weighted by molar-refractivity contribution is -0.136. The molecule has 0 saturated carbocycles. The van der Waals surface area contributed by atoms with Crippen molar-refractivity contribution in [3.05, 3.63) is 65.2 Å². The van der Waals surface area contributed by atoms with Crippen LogP contribution in [0, 0.1) is 6.92 Å². The Hall–Kier alpha value is -3.19. The van der Waals surface area contributed by atoms with Crippen LogP contribution in [0.1, 0.15) is 21.5 Å². The number of aliphatic hydroxyl groups excluding tert-OH is 1. The molecule has 7 nitrogen and oxygen atoms in total. The highest BCUT2D eigenvalue weighted by Gasteiger charge is 2.19. The van der Waals surface area contributed by atoms with Crippen molar-refractivity contribution in [2.24, 2.45) is 0 Å². The third-order valence-corrected chi connectivity index (χ3v) is 3.82. The van der Waals surface area contributed by atoms with E-state index in [0.717, 1.165) is 5.56 Å². The standard InChI is InChI=1S/C19H20N2O5/c1-12-7-8-14(19(25)26)10-16(12)21-18(24)17(23)20-15(11-22)9-13-5-3-2-4-6-13/h2-8,10,15,22H,9,11H2,1H3,(H,20,23)(H,21,24)(H,25,26). The Morgan fingerprint density at radius 3 is 2.35 bits per heavy atom. The molecule has 2 amide bonds. The molecule has 0 radical (unpaired) electrons. The molecule has 2 rings (SSSR count). The number of hydrogen-bond donors (Lipinski definition) is 4. The van der Waals surface area contributed by atoms with Crippen LogP contribution in [0.2, 0.25) is 0 Å². The molecule has 0 aromatic heterocycles. The van der Waals surface area contributed by atoms with Gasteiger partial charge < -0.3 is 20.8 Å². The van der Waals surface area contributed by atoms with Crippen LogP contribution < -0.4 is 10.6 Å². The van der Waals surface area contributed by atoms with E-state index in [-0.39, 0.29) is 17.9 Å². The maximum Gasteiger partial charge on any atom is 0.335 e. The van der Waals surface area contributed by atoms with Crippen molar-refractivity contribution in [2.75, 3.05) is 11.9 Å². The molecule has 1 unspecified atom stereocenters. The molecule has 0 fully saturated rings. The summed E-state index contributed by atoms with van der Waals surface area (Å²) in [4.78, 5) is 35.2. The molecule has 2 aromatic rings. The zero-order chi connectivity index (χ0) is 19.1. The summed E-state index contributed by atoms with van der Waals surface area (Å²) in [5.41, 5.74) is 1.79. The molecule has 0 aliphatic carbocycles. The first-order valence-electron chi connectivity index (χ1n) is 8.01. The van der Waals surface area contributed by atoms with Crippen molar-refractivity contribution >= 4 is 23.5 Å². The SMILES string of the molecule is Cc1ccc(C(=O)O)cc1NC(=O)C(=O)NC(CO)Cc1ccccc1. The quantitative estimate of drug-likeness (QED) is 0.583. The third-order valence-electron chi connectivity index (χ3n) is 3.82. The Morgan fingerprint density at radius 2 is 1.73 bits per heavy atom. The molecule has 0 heterocycles. The molecule has 1 atom stereocenters. The van der Waals surface area contributed by atoms with E-state index in [4.69, 9.17) is 5.11 Å². The van der Waals surface area contributed by atoms with E-state index in [0.29, 0.717) is 12.0 Å². The van der Waals surface area contributed by atoms with Gasteiger partial charge in [-0.15, -0.1) is 0 Å². The number of nitrogens with one attached hydrogen (secondary N) is 2. The van der Waals surface area contributed by atoms with E-state index in [1.54, 1.807) is 13.0 Å². The first kappa shape index (κ1) is 19.1.